The summed E-state index contributed by atoms with van der Waals surface area (Å²) < 4.78 is 28.8. The molecular weight excluding hydrogens is 454 g/mol. The fraction of sp³-hybridized carbons (Fsp3) is 0.158. The van der Waals surface area contributed by atoms with E-state index in [1.54, 1.807) is 12.1 Å². The van der Waals surface area contributed by atoms with E-state index in [0.29, 0.717) is 5.56 Å². The van der Waals surface area contributed by atoms with Gasteiger partial charge in [0.15, 0.2) is 6.61 Å². The highest BCUT2D eigenvalue weighted by Gasteiger charge is 2.16. The third kappa shape index (κ3) is 6.91. The fourth-order valence-corrected chi connectivity index (χ4v) is 3.13. The van der Waals surface area contributed by atoms with Crippen LogP contribution in [0.5, 0.6) is 0 Å². The average Bonchev–Trinajstić information content (AvgIpc) is 3.29. The lowest BCUT2D eigenvalue weighted by atomic mass is 10.2. The molecule has 0 bridgehead atoms. The minimum Gasteiger partial charge on any atom is -0.452 e. The number of ether oxygens (including phenoxy) is 1. The van der Waals surface area contributed by atoms with Gasteiger partial charge in [-0.1, -0.05) is 24.3 Å². The maximum atomic E-state index is 12.4. The average molecular weight is 473 g/mol. The number of carbonyl (C=O) groups is 3. The number of rotatable bonds is 9. The van der Waals surface area contributed by atoms with Crippen molar-refractivity contribution in [1.82, 2.24) is 25.5 Å². The standard InChI is InChI=1S/C19H19N7O6S/c20-33(30,31)14-7-5-13(6-8-14)9-21-18(28)11-32-19(29)15-3-1-2-4-16(15)23-17(27)10-26-12-22-24-25-26/h1-8,12H,9-11H2,(H,21,28)(H,23,27)(H2,20,30,31). The van der Waals surface area contributed by atoms with Crippen molar-refractivity contribution in [3.05, 3.63) is 66.0 Å². The first kappa shape index (κ1) is 23.5. The molecule has 1 aromatic heterocycles. The predicted octanol–water partition coefficient (Wildman–Crippen LogP) is -0.568. The summed E-state index contributed by atoms with van der Waals surface area (Å²) in [5.74, 6) is -1.84. The summed E-state index contributed by atoms with van der Waals surface area (Å²) in [4.78, 5) is 36.5. The molecule has 0 fully saturated rings. The van der Waals surface area contributed by atoms with Gasteiger partial charge in [0.05, 0.1) is 16.1 Å². The normalized spacial score (nSPS) is 10.9. The molecule has 0 saturated carbocycles. The van der Waals surface area contributed by atoms with Crippen LogP contribution in [0, 0.1) is 0 Å². The van der Waals surface area contributed by atoms with Gasteiger partial charge in [-0.05, 0) is 40.3 Å². The minimum absolute atomic E-state index is 0.0461. The highest BCUT2D eigenvalue weighted by atomic mass is 32.2. The first-order valence-corrected chi connectivity index (χ1v) is 10.9. The van der Waals surface area contributed by atoms with Gasteiger partial charge in [-0.25, -0.2) is 23.0 Å². The molecule has 2 amide bonds. The number of nitrogens with two attached hydrogens (primary N) is 1. The van der Waals surface area contributed by atoms with Gasteiger partial charge in [0, 0.05) is 6.54 Å². The largest absolute Gasteiger partial charge is 0.452 e. The Labute approximate surface area is 188 Å². The van der Waals surface area contributed by atoms with Crippen LogP contribution in [0.3, 0.4) is 0 Å². The number of amides is 2. The monoisotopic (exact) mass is 473 g/mol. The zero-order valence-electron chi connectivity index (χ0n) is 17.0. The molecular formula is C19H19N7O6S. The van der Waals surface area contributed by atoms with Gasteiger partial charge in [0.1, 0.15) is 12.9 Å². The Bertz CT molecular complexity index is 1240. The Hall–Kier alpha value is -4.17. The summed E-state index contributed by atoms with van der Waals surface area (Å²) in [7, 11) is -3.80. The van der Waals surface area contributed by atoms with E-state index in [4.69, 9.17) is 9.88 Å². The topological polar surface area (TPSA) is 188 Å². The Balaban J connectivity index is 1.51. The second kappa shape index (κ2) is 10.4. The van der Waals surface area contributed by atoms with Crippen molar-refractivity contribution in [2.45, 2.75) is 18.0 Å². The highest BCUT2D eigenvalue weighted by Crippen LogP contribution is 2.16. The number of benzene rings is 2. The van der Waals surface area contributed by atoms with Crippen LogP contribution in [0.15, 0.2) is 59.8 Å². The van der Waals surface area contributed by atoms with E-state index < -0.39 is 34.4 Å². The summed E-state index contributed by atoms with van der Waals surface area (Å²) in [6.45, 7) is -0.622. The molecule has 0 aliphatic heterocycles. The maximum Gasteiger partial charge on any atom is 0.340 e. The number of esters is 1. The van der Waals surface area contributed by atoms with Crippen LogP contribution in [0.4, 0.5) is 5.69 Å². The number of nitrogens with zero attached hydrogens (tertiary/aromatic N) is 4. The lowest BCUT2D eigenvalue weighted by Crippen LogP contribution is -2.28. The molecule has 0 aliphatic carbocycles. The molecule has 2 aromatic carbocycles. The van der Waals surface area contributed by atoms with Crippen LogP contribution in [0.25, 0.3) is 0 Å². The molecule has 0 unspecified atom stereocenters. The number of nitrogens with one attached hydrogen (secondary N) is 2. The predicted molar refractivity (Wildman–Crippen MR) is 113 cm³/mol. The van der Waals surface area contributed by atoms with Crippen molar-refractivity contribution in [3.63, 3.8) is 0 Å². The Kier molecular flexibility index (Phi) is 7.42. The van der Waals surface area contributed by atoms with E-state index in [2.05, 4.69) is 26.2 Å². The number of para-hydroxylation sites is 1. The molecule has 33 heavy (non-hydrogen) atoms. The van der Waals surface area contributed by atoms with Crippen molar-refractivity contribution in [2.24, 2.45) is 5.14 Å². The van der Waals surface area contributed by atoms with Gasteiger partial charge < -0.3 is 15.4 Å². The maximum absolute atomic E-state index is 12.4. The fourth-order valence-electron chi connectivity index (χ4n) is 2.62. The first-order chi connectivity index (χ1) is 15.7. The number of aromatic nitrogens is 4. The zero-order chi connectivity index (χ0) is 23.8. The van der Waals surface area contributed by atoms with Gasteiger partial charge in [0.25, 0.3) is 5.91 Å². The number of tetrazole rings is 1. The minimum atomic E-state index is -3.80. The second-order valence-corrected chi connectivity index (χ2v) is 8.20. The number of hydrogen-bond acceptors (Lipinski definition) is 9. The zero-order valence-corrected chi connectivity index (χ0v) is 17.9. The van der Waals surface area contributed by atoms with Crippen molar-refractivity contribution in [1.29, 1.82) is 0 Å². The SMILES string of the molecule is NS(=O)(=O)c1ccc(CNC(=O)COC(=O)c2ccccc2NC(=O)Cn2cnnn2)cc1. The van der Waals surface area contributed by atoms with E-state index in [1.807, 2.05) is 0 Å². The summed E-state index contributed by atoms with van der Waals surface area (Å²) in [5, 5.41) is 20.6. The third-order valence-electron chi connectivity index (χ3n) is 4.19. The van der Waals surface area contributed by atoms with Crippen molar-refractivity contribution in [2.75, 3.05) is 11.9 Å². The van der Waals surface area contributed by atoms with Crippen LogP contribution in [0.1, 0.15) is 15.9 Å². The number of sulfonamides is 1. The molecule has 3 rings (SSSR count). The molecule has 0 saturated heterocycles. The van der Waals surface area contributed by atoms with Gasteiger partial charge in [-0.2, -0.15) is 0 Å². The van der Waals surface area contributed by atoms with E-state index in [1.165, 1.54) is 47.4 Å². The Morgan fingerprint density at radius 1 is 1.03 bits per heavy atom. The van der Waals surface area contributed by atoms with Crippen LogP contribution in [-0.4, -0.2) is 53.0 Å². The van der Waals surface area contributed by atoms with Crippen molar-refractivity contribution < 1.29 is 27.5 Å². The van der Waals surface area contributed by atoms with Gasteiger partial charge >= 0.3 is 5.97 Å². The molecule has 172 valence electrons. The molecule has 1 heterocycles. The quantitative estimate of drug-likeness (QED) is 0.342. The molecule has 13 nitrogen and oxygen atoms in total. The summed E-state index contributed by atoms with van der Waals surface area (Å²) >= 11 is 0. The third-order valence-corrected chi connectivity index (χ3v) is 5.12. The van der Waals surface area contributed by atoms with Gasteiger partial charge in [0.2, 0.25) is 15.9 Å². The molecule has 3 aromatic rings. The van der Waals surface area contributed by atoms with Crippen LogP contribution >= 0.6 is 0 Å². The summed E-state index contributed by atoms with van der Waals surface area (Å²) in [6, 6.07) is 11.8. The van der Waals surface area contributed by atoms with Crippen LogP contribution in [0.2, 0.25) is 0 Å². The summed E-state index contributed by atoms with van der Waals surface area (Å²) in [5.41, 5.74) is 0.891. The van der Waals surface area contributed by atoms with Crippen molar-refractivity contribution >= 4 is 33.5 Å². The molecule has 0 atom stereocenters. The van der Waals surface area contributed by atoms with E-state index in [-0.39, 0.29) is 29.2 Å². The van der Waals surface area contributed by atoms with Crippen LogP contribution in [-0.2, 0) is 37.4 Å². The number of carbonyl (C=O) groups excluding carboxylic acids is 3. The molecule has 0 radical (unpaired) electrons. The number of anilines is 1. The van der Waals surface area contributed by atoms with Crippen molar-refractivity contribution in [3.8, 4) is 0 Å². The summed E-state index contributed by atoms with van der Waals surface area (Å²) in [6.07, 6.45) is 1.27. The molecule has 0 spiro atoms. The first-order valence-electron chi connectivity index (χ1n) is 9.37. The van der Waals surface area contributed by atoms with Gasteiger partial charge in [-0.3, -0.25) is 9.59 Å². The molecule has 4 N–H and O–H groups in total. The smallest absolute Gasteiger partial charge is 0.340 e. The molecule has 14 heteroatoms. The van der Waals surface area contributed by atoms with Crippen LogP contribution < -0.4 is 15.8 Å². The van der Waals surface area contributed by atoms with E-state index >= 15 is 0 Å². The Morgan fingerprint density at radius 2 is 1.76 bits per heavy atom. The lowest BCUT2D eigenvalue weighted by molar-refractivity contribution is -0.124. The second-order valence-electron chi connectivity index (χ2n) is 6.64. The van der Waals surface area contributed by atoms with E-state index in [9.17, 15) is 22.8 Å². The van der Waals surface area contributed by atoms with Gasteiger partial charge in [-0.15, -0.1) is 5.10 Å². The molecule has 0 aliphatic rings. The number of hydrogen-bond donors (Lipinski definition) is 3. The number of primary sulfonamides is 1. The lowest BCUT2D eigenvalue weighted by Gasteiger charge is -2.11. The highest BCUT2D eigenvalue weighted by molar-refractivity contribution is 7.89. The van der Waals surface area contributed by atoms with E-state index in [0.717, 1.165) is 0 Å². The Morgan fingerprint density at radius 3 is 2.42 bits per heavy atom.